The number of hydrogen-bond donors (Lipinski definition) is 0. The molecule has 0 radical (unpaired) electrons. The molecule has 0 aliphatic heterocycles. The lowest BCUT2D eigenvalue weighted by molar-refractivity contribution is -0.138. The van der Waals surface area contributed by atoms with E-state index in [-0.39, 0.29) is 11.4 Å². The Morgan fingerprint density at radius 1 is 1.14 bits per heavy atom. The average molecular weight is 400 g/mol. The van der Waals surface area contributed by atoms with Gasteiger partial charge in [0, 0.05) is 12.6 Å². The molecule has 0 unspecified atom stereocenters. The number of ether oxygens (including phenoxy) is 1. The summed E-state index contributed by atoms with van der Waals surface area (Å²) in [6.07, 6.45) is 15.8. The highest BCUT2D eigenvalue weighted by Crippen LogP contribution is 2.40. The van der Waals surface area contributed by atoms with Gasteiger partial charge in [-0.25, -0.2) is 4.79 Å². The molecule has 0 bridgehead atoms. The second kappa shape index (κ2) is 12.6. The minimum absolute atomic E-state index is 0.264. The van der Waals surface area contributed by atoms with Gasteiger partial charge in [0.05, 0.1) is 0 Å². The first-order valence-corrected chi connectivity index (χ1v) is 11.0. The maximum Gasteiger partial charge on any atom is 0.331 e. The minimum Gasteiger partial charge on any atom is -0.461 e. The Morgan fingerprint density at radius 2 is 1.83 bits per heavy atom. The number of carbonyl (C=O) groups is 1. The summed E-state index contributed by atoms with van der Waals surface area (Å²) < 4.78 is 5.29. The van der Waals surface area contributed by atoms with Crippen LogP contribution in [0, 0.1) is 5.41 Å². The molecule has 0 amide bonds. The number of esters is 1. The van der Waals surface area contributed by atoms with E-state index < -0.39 is 0 Å². The van der Waals surface area contributed by atoms with Gasteiger partial charge in [-0.05, 0) is 69.7 Å². The van der Waals surface area contributed by atoms with Gasteiger partial charge < -0.3 is 9.64 Å². The van der Waals surface area contributed by atoms with Crippen molar-refractivity contribution >= 4 is 5.97 Å². The number of carbonyl (C=O) groups excluding carboxylic acids is 1. The van der Waals surface area contributed by atoms with Crippen molar-refractivity contribution in [3.63, 3.8) is 0 Å². The molecule has 3 nitrogen and oxygen atoms in total. The van der Waals surface area contributed by atoms with Crippen LogP contribution in [0.5, 0.6) is 0 Å². The van der Waals surface area contributed by atoms with Crippen LogP contribution < -0.4 is 0 Å². The lowest BCUT2D eigenvalue weighted by Gasteiger charge is -2.32. The van der Waals surface area contributed by atoms with Crippen molar-refractivity contribution in [3.8, 4) is 0 Å². The second-order valence-electron chi connectivity index (χ2n) is 8.62. The molecular formula is C26H41NO2. The molecule has 0 aromatic rings. The van der Waals surface area contributed by atoms with Crippen LogP contribution >= 0.6 is 0 Å². The predicted molar refractivity (Wildman–Crippen MR) is 125 cm³/mol. The van der Waals surface area contributed by atoms with E-state index in [1.54, 1.807) is 6.08 Å². The minimum atomic E-state index is -0.276. The zero-order valence-electron chi connectivity index (χ0n) is 19.7. The summed E-state index contributed by atoms with van der Waals surface area (Å²) in [5, 5.41) is 0. The van der Waals surface area contributed by atoms with E-state index in [0.29, 0.717) is 6.61 Å². The van der Waals surface area contributed by atoms with Gasteiger partial charge in [-0.2, -0.15) is 0 Å². The molecule has 1 aliphatic carbocycles. The van der Waals surface area contributed by atoms with Crippen molar-refractivity contribution in [2.75, 3.05) is 26.2 Å². The zero-order valence-corrected chi connectivity index (χ0v) is 19.7. The maximum atomic E-state index is 11.9. The zero-order chi connectivity index (χ0) is 21.9. The quantitative estimate of drug-likeness (QED) is 0.242. The Labute approximate surface area is 178 Å². The highest BCUT2D eigenvalue weighted by molar-refractivity contribution is 5.83. The largest absolute Gasteiger partial charge is 0.461 e. The molecular weight excluding hydrogens is 358 g/mol. The summed E-state index contributed by atoms with van der Waals surface area (Å²) in [5.41, 5.74) is 5.33. The Kier molecular flexibility index (Phi) is 11.0. The smallest absolute Gasteiger partial charge is 0.331 e. The first kappa shape index (κ1) is 25.2. The highest BCUT2D eigenvalue weighted by atomic mass is 16.5. The van der Waals surface area contributed by atoms with Gasteiger partial charge in [0.25, 0.3) is 0 Å². The van der Waals surface area contributed by atoms with Gasteiger partial charge >= 0.3 is 5.97 Å². The number of nitrogens with zero attached hydrogens (tertiary/aromatic N) is 1. The lowest BCUT2D eigenvalue weighted by atomic mass is 9.72. The van der Waals surface area contributed by atoms with Crippen LogP contribution in [-0.4, -0.2) is 37.1 Å². The first-order chi connectivity index (χ1) is 13.7. The molecule has 0 aromatic carbocycles. The van der Waals surface area contributed by atoms with Crippen LogP contribution in [-0.2, 0) is 9.53 Å². The summed E-state index contributed by atoms with van der Waals surface area (Å²) in [6, 6.07) is 0. The van der Waals surface area contributed by atoms with Crippen LogP contribution in [0.2, 0.25) is 0 Å². The van der Waals surface area contributed by atoms with Crippen LogP contribution in [0.25, 0.3) is 0 Å². The summed E-state index contributed by atoms with van der Waals surface area (Å²) in [4.78, 5) is 14.1. The monoisotopic (exact) mass is 399 g/mol. The van der Waals surface area contributed by atoms with Crippen molar-refractivity contribution in [2.45, 2.75) is 67.7 Å². The Bertz CT molecular complexity index is 685. The fraction of sp³-hybridized carbons (Fsp3) is 0.577. The number of hydrogen-bond acceptors (Lipinski definition) is 3. The number of likely N-dealkylation sites (N-methyl/N-ethyl adjacent to an activating group) is 1. The first-order valence-electron chi connectivity index (χ1n) is 11.0. The summed E-state index contributed by atoms with van der Waals surface area (Å²) in [6.45, 7) is 18.3. The molecule has 0 spiro atoms. The third-order valence-corrected chi connectivity index (χ3v) is 5.67. The van der Waals surface area contributed by atoms with Crippen LogP contribution in [0.4, 0.5) is 0 Å². The SMILES string of the molecule is CCN(CC)CCOC(=O)C=C(C)C=CC=C(C)C=CC1=C(C)CCCC1(C)C. The molecule has 1 rings (SSSR count). The van der Waals surface area contributed by atoms with Crippen molar-refractivity contribution in [3.05, 3.63) is 58.7 Å². The lowest BCUT2D eigenvalue weighted by Crippen LogP contribution is -2.27. The molecule has 0 atom stereocenters. The van der Waals surface area contributed by atoms with Crippen LogP contribution in [0.15, 0.2) is 58.7 Å². The van der Waals surface area contributed by atoms with Crippen LogP contribution in [0.1, 0.15) is 67.7 Å². The fourth-order valence-corrected chi connectivity index (χ4v) is 3.72. The summed E-state index contributed by atoms with van der Waals surface area (Å²) >= 11 is 0. The molecule has 3 heteroatoms. The topological polar surface area (TPSA) is 29.5 Å². The average Bonchev–Trinajstić information content (AvgIpc) is 2.64. The fourth-order valence-electron chi connectivity index (χ4n) is 3.72. The Hall–Kier alpha value is -1.87. The highest BCUT2D eigenvalue weighted by Gasteiger charge is 2.26. The molecule has 0 fully saturated rings. The van der Waals surface area contributed by atoms with Gasteiger partial charge in [-0.15, -0.1) is 0 Å². The van der Waals surface area contributed by atoms with E-state index >= 15 is 0 Å². The number of rotatable bonds is 10. The van der Waals surface area contributed by atoms with E-state index in [1.807, 2.05) is 19.1 Å². The standard InChI is InChI=1S/C26H41NO2/c1-8-27(9-2)18-19-29-25(28)20-22(4)13-10-12-21(3)15-16-24-23(5)14-11-17-26(24,6)7/h10,12-13,15-16,20H,8-9,11,14,17-19H2,1-7H3. The summed E-state index contributed by atoms with van der Waals surface area (Å²) in [5.74, 6) is -0.276. The molecule has 0 saturated carbocycles. The second-order valence-corrected chi connectivity index (χ2v) is 8.62. The predicted octanol–water partition coefficient (Wildman–Crippen LogP) is 6.40. The van der Waals surface area contributed by atoms with Crippen molar-refractivity contribution in [2.24, 2.45) is 5.41 Å². The van der Waals surface area contributed by atoms with Gasteiger partial charge in [-0.1, -0.05) is 69.2 Å². The molecule has 0 saturated heterocycles. The molecule has 162 valence electrons. The van der Waals surface area contributed by atoms with E-state index in [9.17, 15) is 4.79 Å². The van der Waals surface area contributed by atoms with Crippen molar-refractivity contribution in [1.29, 1.82) is 0 Å². The summed E-state index contributed by atoms with van der Waals surface area (Å²) in [7, 11) is 0. The van der Waals surface area contributed by atoms with Gasteiger partial charge in [0.1, 0.15) is 6.61 Å². The van der Waals surface area contributed by atoms with E-state index in [2.05, 4.69) is 64.7 Å². The van der Waals surface area contributed by atoms with E-state index in [1.165, 1.54) is 36.0 Å². The molecule has 0 N–H and O–H groups in total. The van der Waals surface area contributed by atoms with Crippen LogP contribution in [0.3, 0.4) is 0 Å². The van der Waals surface area contributed by atoms with Crippen molar-refractivity contribution < 1.29 is 9.53 Å². The van der Waals surface area contributed by atoms with Crippen molar-refractivity contribution in [1.82, 2.24) is 4.90 Å². The van der Waals surface area contributed by atoms with Gasteiger partial charge in [-0.3, -0.25) is 0 Å². The molecule has 29 heavy (non-hydrogen) atoms. The maximum absolute atomic E-state index is 11.9. The third kappa shape index (κ3) is 9.45. The van der Waals surface area contributed by atoms with E-state index in [4.69, 9.17) is 4.74 Å². The normalized spacial score (nSPS) is 18.3. The van der Waals surface area contributed by atoms with Gasteiger partial charge in [0.2, 0.25) is 0 Å². The molecule has 0 heterocycles. The van der Waals surface area contributed by atoms with E-state index in [0.717, 1.165) is 25.2 Å². The number of allylic oxidation sites excluding steroid dienone is 9. The third-order valence-electron chi connectivity index (χ3n) is 5.67. The van der Waals surface area contributed by atoms with Gasteiger partial charge in [0.15, 0.2) is 0 Å². The molecule has 1 aliphatic rings. The molecule has 0 aromatic heterocycles. The Balaban J connectivity index is 2.58. The Morgan fingerprint density at radius 3 is 2.45 bits per heavy atom.